The molecule has 0 spiro atoms. The van der Waals surface area contributed by atoms with Gasteiger partial charge in [0.1, 0.15) is 5.75 Å². The molecular formula is C20H22ClN5O3. The molecule has 29 heavy (non-hydrogen) atoms. The Kier molecular flexibility index (Phi) is 5.19. The fourth-order valence-corrected chi connectivity index (χ4v) is 3.91. The fourth-order valence-electron chi connectivity index (χ4n) is 3.68. The molecular weight excluding hydrogens is 394 g/mol. The summed E-state index contributed by atoms with van der Waals surface area (Å²) in [7, 11) is 3.24. The quantitative estimate of drug-likeness (QED) is 0.688. The van der Waals surface area contributed by atoms with Gasteiger partial charge in [-0.05, 0) is 30.2 Å². The summed E-state index contributed by atoms with van der Waals surface area (Å²) in [5.41, 5.74) is 1.77. The summed E-state index contributed by atoms with van der Waals surface area (Å²) in [6.45, 7) is 1.82. The molecule has 1 N–H and O–H groups in total. The van der Waals surface area contributed by atoms with Gasteiger partial charge in [-0.3, -0.25) is 0 Å². The van der Waals surface area contributed by atoms with Gasteiger partial charge < -0.3 is 19.6 Å². The zero-order chi connectivity index (χ0) is 20.5. The summed E-state index contributed by atoms with van der Waals surface area (Å²) in [5.74, 6) is 1.54. The van der Waals surface area contributed by atoms with E-state index < -0.39 is 6.09 Å². The van der Waals surface area contributed by atoms with Crippen LogP contribution in [0.25, 0.3) is 11.0 Å². The SMILES string of the molecule is COc1ccc(Cn2nc(N3CC[C@@H](N(C)C(=O)O)C3)c3c(Cl)ccnc32)cc1. The second kappa shape index (κ2) is 7.79. The van der Waals surface area contributed by atoms with Crippen LogP contribution in [0.3, 0.4) is 0 Å². The minimum absolute atomic E-state index is 0.0789. The summed E-state index contributed by atoms with van der Waals surface area (Å²) in [4.78, 5) is 19.2. The summed E-state index contributed by atoms with van der Waals surface area (Å²) in [6.07, 6.45) is 1.49. The molecule has 1 saturated heterocycles. The largest absolute Gasteiger partial charge is 0.497 e. The molecule has 1 amide bonds. The summed E-state index contributed by atoms with van der Waals surface area (Å²) in [6, 6.07) is 9.48. The second-order valence-electron chi connectivity index (χ2n) is 7.10. The molecule has 0 aliphatic carbocycles. The van der Waals surface area contributed by atoms with Gasteiger partial charge in [0, 0.05) is 26.3 Å². The highest BCUT2D eigenvalue weighted by Gasteiger charge is 2.31. The number of pyridine rings is 1. The molecule has 4 rings (SSSR count). The summed E-state index contributed by atoms with van der Waals surface area (Å²) >= 11 is 6.50. The second-order valence-corrected chi connectivity index (χ2v) is 7.51. The first-order valence-corrected chi connectivity index (χ1v) is 9.70. The van der Waals surface area contributed by atoms with Crippen molar-refractivity contribution in [3.63, 3.8) is 0 Å². The van der Waals surface area contributed by atoms with E-state index in [-0.39, 0.29) is 6.04 Å². The Morgan fingerprint density at radius 2 is 2.10 bits per heavy atom. The lowest BCUT2D eigenvalue weighted by Crippen LogP contribution is -2.38. The zero-order valence-electron chi connectivity index (χ0n) is 16.2. The number of hydrogen-bond donors (Lipinski definition) is 1. The van der Waals surface area contributed by atoms with Gasteiger partial charge in [-0.15, -0.1) is 0 Å². The molecule has 3 heterocycles. The number of amides is 1. The van der Waals surface area contributed by atoms with Gasteiger partial charge in [0.15, 0.2) is 11.5 Å². The Hall–Kier alpha value is -3.00. The molecule has 1 fully saturated rings. The minimum Gasteiger partial charge on any atom is -0.497 e. The number of nitrogens with zero attached hydrogens (tertiary/aromatic N) is 5. The van der Waals surface area contributed by atoms with Crippen LogP contribution in [0.15, 0.2) is 36.5 Å². The van der Waals surface area contributed by atoms with E-state index in [0.717, 1.165) is 28.9 Å². The lowest BCUT2D eigenvalue weighted by atomic mass is 10.2. The van der Waals surface area contributed by atoms with Gasteiger partial charge in [-0.25, -0.2) is 14.5 Å². The molecule has 152 valence electrons. The van der Waals surface area contributed by atoms with Crippen LogP contribution < -0.4 is 9.64 Å². The van der Waals surface area contributed by atoms with E-state index in [1.165, 1.54) is 4.90 Å². The lowest BCUT2D eigenvalue weighted by molar-refractivity contribution is 0.142. The number of carbonyl (C=O) groups is 1. The van der Waals surface area contributed by atoms with Gasteiger partial charge in [0.25, 0.3) is 0 Å². The van der Waals surface area contributed by atoms with Crippen molar-refractivity contribution in [1.82, 2.24) is 19.7 Å². The van der Waals surface area contributed by atoms with E-state index in [0.29, 0.717) is 30.3 Å². The fraction of sp³-hybridized carbons (Fsp3) is 0.350. The van der Waals surface area contributed by atoms with Crippen LogP contribution in [-0.4, -0.2) is 64.2 Å². The Morgan fingerprint density at radius 3 is 2.79 bits per heavy atom. The van der Waals surface area contributed by atoms with Gasteiger partial charge in [-0.2, -0.15) is 5.10 Å². The number of halogens is 1. The maximum atomic E-state index is 11.3. The van der Waals surface area contributed by atoms with Crippen molar-refractivity contribution in [3.05, 3.63) is 47.1 Å². The molecule has 0 radical (unpaired) electrons. The number of methoxy groups -OCH3 is 1. The first-order chi connectivity index (χ1) is 14.0. The minimum atomic E-state index is -0.925. The Morgan fingerprint density at radius 1 is 1.34 bits per heavy atom. The lowest BCUT2D eigenvalue weighted by Gasteiger charge is -2.22. The van der Waals surface area contributed by atoms with Gasteiger partial charge in [-0.1, -0.05) is 23.7 Å². The number of carboxylic acid groups (broad SMARTS) is 1. The van der Waals surface area contributed by atoms with Crippen LogP contribution in [0.5, 0.6) is 5.75 Å². The average molecular weight is 416 g/mol. The average Bonchev–Trinajstić information content (AvgIpc) is 3.34. The van der Waals surface area contributed by atoms with Crippen LogP contribution in [0.2, 0.25) is 5.02 Å². The molecule has 2 aromatic heterocycles. The Bertz CT molecular complexity index is 1040. The highest BCUT2D eigenvalue weighted by atomic mass is 35.5. The highest BCUT2D eigenvalue weighted by Crippen LogP contribution is 2.34. The van der Waals surface area contributed by atoms with Gasteiger partial charge in [0.05, 0.1) is 30.1 Å². The highest BCUT2D eigenvalue weighted by molar-refractivity contribution is 6.36. The smallest absolute Gasteiger partial charge is 0.407 e. The predicted molar refractivity (Wildman–Crippen MR) is 111 cm³/mol. The number of fused-ring (bicyclic) bond motifs is 1. The zero-order valence-corrected chi connectivity index (χ0v) is 17.0. The number of hydrogen-bond acceptors (Lipinski definition) is 5. The number of benzene rings is 1. The Labute approximate surface area is 173 Å². The molecule has 0 bridgehead atoms. The maximum absolute atomic E-state index is 11.3. The maximum Gasteiger partial charge on any atom is 0.407 e. The molecule has 8 nitrogen and oxygen atoms in total. The molecule has 0 saturated carbocycles. The summed E-state index contributed by atoms with van der Waals surface area (Å²) < 4.78 is 7.06. The molecule has 9 heteroatoms. The van der Waals surface area contributed by atoms with Crippen molar-refractivity contribution in [1.29, 1.82) is 0 Å². The normalized spacial score (nSPS) is 16.4. The van der Waals surface area contributed by atoms with Crippen LogP contribution in [0, 0.1) is 0 Å². The number of ether oxygens (including phenoxy) is 1. The monoisotopic (exact) mass is 415 g/mol. The number of likely N-dealkylation sites (N-methyl/N-ethyl adjacent to an activating group) is 1. The molecule has 1 atom stereocenters. The van der Waals surface area contributed by atoms with Crippen molar-refractivity contribution >= 4 is 34.5 Å². The summed E-state index contributed by atoms with van der Waals surface area (Å²) in [5, 5.41) is 15.5. The van der Waals surface area contributed by atoms with Crippen LogP contribution in [-0.2, 0) is 6.54 Å². The topological polar surface area (TPSA) is 83.7 Å². The third-order valence-electron chi connectivity index (χ3n) is 5.37. The third kappa shape index (κ3) is 3.67. The molecule has 1 aliphatic heterocycles. The van der Waals surface area contributed by atoms with Crippen molar-refractivity contribution in [2.75, 3.05) is 32.1 Å². The van der Waals surface area contributed by atoms with Crippen LogP contribution in [0.1, 0.15) is 12.0 Å². The first kappa shape index (κ1) is 19.3. The van der Waals surface area contributed by atoms with E-state index in [1.54, 1.807) is 26.4 Å². The first-order valence-electron chi connectivity index (χ1n) is 9.32. The standard InChI is InChI=1S/C20H22ClN5O3/c1-24(20(27)28)14-8-10-25(12-14)19-17-16(21)7-9-22-18(17)26(23-19)11-13-3-5-15(29-2)6-4-13/h3-7,9,14H,8,10-12H2,1-2H3,(H,27,28)/t14-/m1/s1. The number of rotatable bonds is 5. The molecule has 3 aromatic rings. The molecule has 0 unspecified atom stereocenters. The van der Waals surface area contributed by atoms with Crippen molar-refractivity contribution in [2.24, 2.45) is 0 Å². The van der Waals surface area contributed by atoms with Crippen molar-refractivity contribution < 1.29 is 14.6 Å². The number of aromatic nitrogens is 3. The molecule has 1 aromatic carbocycles. The third-order valence-corrected chi connectivity index (χ3v) is 5.68. The van der Waals surface area contributed by atoms with E-state index >= 15 is 0 Å². The van der Waals surface area contributed by atoms with E-state index in [9.17, 15) is 9.90 Å². The van der Waals surface area contributed by atoms with Gasteiger partial charge in [0.2, 0.25) is 0 Å². The van der Waals surface area contributed by atoms with Crippen molar-refractivity contribution in [2.45, 2.75) is 19.0 Å². The molecule has 1 aliphatic rings. The predicted octanol–water partition coefficient (Wildman–Crippen LogP) is 3.33. The van der Waals surface area contributed by atoms with E-state index in [2.05, 4.69) is 9.88 Å². The van der Waals surface area contributed by atoms with Crippen molar-refractivity contribution in [3.8, 4) is 5.75 Å². The van der Waals surface area contributed by atoms with Crippen LogP contribution in [0.4, 0.5) is 10.6 Å². The van der Waals surface area contributed by atoms with E-state index in [4.69, 9.17) is 21.4 Å². The number of anilines is 1. The van der Waals surface area contributed by atoms with Crippen LogP contribution >= 0.6 is 11.6 Å². The van der Waals surface area contributed by atoms with Gasteiger partial charge >= 0.3 is 6.09 Å². The Balaban J connectivity index is 1.67. The van der Waals surface area contributed by atoms with E-state index in [1.807, 2.05) is 28.9 Å².